The SMILES string of the molecule is C=C1C[C@@H]2CC[C@@]34C[C@H]5O[C@H]6[C@@H](O3)[C@H]3OC(CC[C@@H]3O[C@H]6[C@H]5O4)CC(=O)C[C@H]3C(C[C@H]4O[C@@H](CCC1O2)C[C@@H](C)C4=C)OC(C[C@H](O)CO)[C@@H]3C. The molecule has 0 aromatic carbocycles. The molecule has 12 bridgehead atoms. The fourth-order valence-electron chi connectivity index (χ4n) is 11.3. The first-order chi connectivity index (χ1) is 24.6. The maximum atomic E-state index is 14.0. The van der Waals surface area contributed by atoms with Crippen molar-refractivity contribution in [1.82, 2.24) is 0 Å². The van der Waals surface area contributed by atoms with Gasteiger partial charge in [-0.2, -0.15) is 0 Å². The van der Waals surface area contributed by atoms with Gasteiger partial charge in [-0.3, -0.25) is 4.79 Å². The Morgan fingerprint density at radius 2 is 1.49 bits per heavy atom. The largest absolute Gasteiger partial charge is 0.394 e. The Labute approximate surface area is 301 Å². The van der Waals surface area contributed by atoms with Gasteiger partial charge in [0.2, 0.25) is 0 Å². The number of fused-ring (bicyclic) bond motifs is 6. The van der Waals surface area contributed by atoms with Crippen molar-refractivity contribution in [2.75, 3.05) is 6.61 Å². The van der Waals surface area contributed by atoms with Gasteiger partial charge in [-0.05, 0) is 73.8 Å². The number of carbonyl (C=O) groups is 1. The monoisotopic (exact) mass is 714 g/mol. The zero-order valence-corrected chi connectivity index (χ0v) is 30.3. The van der Waals surface area contributed by atoms with E-state index in [-0.39, 0.29) is 110 Å². The lowest BCUT2D eigenvalue weighted by molar-refractivity contribution is -0.292. The fraction of sp³-hybridized carbons (Fsp3) is 0.875. The lowest BCUT2D eigenvalue weighted by Crippen LogP contribution is -2.61. The zero-order valence-electron chi connectivity index (χ0n) is 30.3. The zero-order chi connectivity index (χ0) is 35.2. The van der Waals surface area contributed by atoms with Gasteiger partial charge < -0.3 is 48.1 Å². The number of hydrogen-bond donors (Lipinski definition) is 2. The van der Waals surface area contributed by atoms with Gasteiger partial charge >= 0.3 is 0 Å². The Kier molecular flexibility index (Phi) is 9.59. The molecule has 0 aliphatic carbocycles. The van der Waals surface area contributed by atoms with Gasteiger partial charge in [-0.25, -0.2) is 0 Å². The Balaban J connectivity index is 0.986. The highest BCUT2D eigenvalue weighted by Crippen LogP contribution is 2.54. The van der Waals surface area contributed by atoms with Crippen LogP contribution in [0.25, 0.3) is 0 Å². The average Bonchev–Trinajstić information content (AvgIpc) is 3.77. The average molecular weight is 715 g/mol. The summed E-state index contributed by atoms with van der Waals surface area (Å²) in [5.41, 5.74) is 2.22. The second kappa shape index (κ2) is 13.8. The molecule has 1 spiro atoms. The molecule has 0 aromatic rings. The van der Waals surface area contributed by atoms with E-state index in [0.29, 0.717) is 44.4 Å². The second-order valence-electron chi connectivity index (χ2n) is 17.5. The molecule has 10 saturated heterocycles. The van der Waals surface area contributed by atoms with E-state index in [4.69, 9.17) is 37.9 Å². The summed E-state index contributed by atoms with van der Waals surface area (Å²) in [5, 5.41) is 20.0. The van der Waals surface area contributed by atoms with E-state index in [1.807, 2.05) is 0 Å². The molecule has 0 amide bonds. The molecule has 51 heavy (non-hydrogen) atoms. The third-order valence-corrected chi connectivity index (χ3v) is 14.1. The smallest absolute Gasteiger partial charge is 0.172 e. The highest BCUT2D eigenvalue weighted by Gasteiger charge is 2.68. The lowest BCUT2D eigenvalue weighted by Gasteiger charge is -2.47. The molecule has 2 N–H and O–H groups in total. The molecule has 11 heteroatoms. The lowest BCUT2D eigenvalue weighted by atomic mass is 9.79. The van der Waals surface area contributed by atoms with Gasteiger partial charge in [0.25, 0.3) is 0 Å². The normalized spacial score (nSPS) is 53.2. The summed E-state index contributed by atoms with van der Waals surface area (Å²) < 4.78 is 53.9. The number of aliphatic hydroxyl groups excluding tert-OH is 2. The van der Waals surface area contributed by atoms with E-state index >= 15 is 0 Å². The third-order valence-electron chi connectivity index (χ3n) is 14.1. The van der Waals surface area contributed by atoms with Gasteiger partial charge in [0.15, 0.2) is 5.79 Å². The summed E-state index contributed by atoms with van der Waals surface area (Å²) in [5.74, 6) is -0.367. The second-order valence-corrected chi connectivity index (χ2v) is 17.5. The van der Waals surface area contributed by atoms with Crippen LogP contribution in [-0.2, 0) is 42.7 Å². The molecular weight excluding hydrogens is 656 g/mol. The number of ether oxygens (including phenoxy) is 8. The van der Waals surface area contributed by atoms with E-state index in [9.17, 15) is 15.0 Å². The molecule has 0 radical (unpaired) electrons. The molecule has 19 atom stereocenters. The molecule has 4 unspecified atom stereocenters. The van der Waals surface area contributed by atoms with Crippen molar-refractivity contribution in [2.45, 2.75) is 195 Å². The third kappa shape index (κ3) is 6.53. The number of ketones is 1. The van der Waals surface area contributed by atoms with Gasteiger partial charge in [0, 0.05) is 38.5 Å². The summed E-state index contributed by atoms with van der Waals surface area (Å²) in [6.07, 6.45) is 5.65. The van der Waals surface area contributed by atoms with Crippen LogP contribution in [0.1, 0.15) is 97.3 Å². The Bertz CT molecular complexity index is 1360. The predicted octanol–water partition coefficient (Wildman–Crippen LogP) is 4.09. The molecule has 10 fully saturated rings. The number of aliphatic hydroxyl groups is 2. The highest BCUT2D eigenvalue weighted by atomic mass is 16.8. The van der Waals surface area contributed by atoms with Crippen LogP contribution >= 0.6 is 0 Å². The summed E-state index contributed by atoms with van der Waals surface area (Å²) in [6, 6.07) is 0. The predicted molar refractivity (Wildman–Crippen MR) is 183 cm³/mol. The van der Waals surface area contributed by atoms with Crippen LogP contribution in [0.15, 0.2) is 24.3 Å². The molecular formula is C40H58O11. The molecule has 10 rings (SSSR count). The van der Waals surface area contributed by atoms with E-state index in [1.54, 1.807) is 0 Å². The van der Waals surface area contributed by atoms with Crippen LogP contribution in [-0.4, -0.2) is 120 Å². The van der Waals surface area contributed by atoms with Crippen LogP contribution < -0.4 is 0 Å². The number of Topliss-reactive ketones (excluding diaryl/α,β-unsaturated/α-hetero) is 1. The highest BCUT2D eigenvalue weighted by molar-refractivity contribution is 5.79. The molecule has 10 aliphatic heterocycles. The van der Waals surface area contributed by atoms with Gasteiger partial charge in [0.05, 0.1) is 67.6 Å². The van der Waals surface area contributed by atoms with Crippen molar-refractivity contribution in [2.24, 2.45) is 17.8 Å². The van der Waals surface area contributed by atoms with E-state index in [1.165, 1.54) is 0 Å². The molecule has 0 saturated carbocycles. The maximum absolute atomic E-state index is 14.0. The van der Waals surface area contributed by atoms with Crippen molar-refractivity contribution >= 4 is 5.78 Å². The van der Waals surface area contributed by atoms with E-state index in [0.717, 1.165) is 56.1 Å². The van der Waals surface area contributed by atoms with Crippen LogP contribution in [0, 0.1) is 17.8 Å². The Morgan fingerprint density at radius 3 is 2.33 bits per heavy atom. The first-order valence-corrected chi connectivity index (χ1v) is 20.0. The van der Waals surface area contributed by atoms with Crippen LogP contribution in [0.2, 0.25) is 0 Å². The van der Waals surface area contributed by atoms with Gasteiger partial charge in [-0.1, -0.05) is 27.0 Å². The van der Waals surface area contributed by atoms with Gasteiger partial charge in [0.1, 0.15) is 36.3 Å². The molecule has 284 valence electrons. The topological polar surface area (TPSA) is 131 Å². The Morgan fingerprint density at radius 1 is 0.745 bits per heavy atom. The fourth-order valence-corrected chi connectivity index (χ4v) is 11.3. The minimum atomic E-state index is -0.872. The van der Waals surface area contributed by atoms with E-state index in [2.05, 4.69) is 27.0 Å². The summed E-state index contributed by atoms with van der Waals surface area (Å²) in [7, 11) is 0. The van der Waals surface area contributed by atoms with Crippen molar-refractivity contribution < 1.29 is 52.9 Å². The van der Waals surface area contributed by atoms with Crippen molar-refractivity contribution in [3.05, 3.63) is 24.3 Å². The van der Waals surface area contributed by atoms with Crippen LogP contribution in [0.4, 0.5) is 0 Å². The van der Waals surface area contributed by atoms with Crippen LogP contribution in [0.5, 0.6) is 0 Å². The molecule has 11 nitrogen and oxygen atoms in total. The van der Waals surface area contributed by atoms with Crippen LogP contribution in [0.3, 0.4) is 0 Å². The molecule has 10 aliphatic rings. The number of carbonyl (C=O) groups excluding carboxylic acids is 1. The summed E-state index contributed by atoms with van der Waals surface area (Å²) in [6.45, 7) is 12.9. The van der Waals surface area contributed by atoms with Gasteiger partial charge in [-0.15, -0.1) is 0 Å². The first kappa shape index (κ1) is 35.5. The number of hydrogen-bond acceptors (Lipinski definition) is 11. The standard InChI is InChI=1S/C40H58O11/c1-19-11-25-5-7-29-20(2)12-27(44-29)9-10-40-17-34-36(50-40)37-38(49-34)39(51-40)35-30(48-37)8-6-26(46-35)13-23(42)14-28-22(4)31(15-24(43)18-41)47-33(28)16-32(45-25)21(19)3/h19,22,24-39,41,43H,2-3,5-18H2,1,4H3/t19-,22-,24+,25+,26?,27+,28-,29?,30+,31?,32-,33?,34-,35+,36+,37+,38-,39+,40+/m1/s1. The van der Waals surface area contributed by atoms with Crippen molar-refractivity contribution in [3.8, 4) is 0 Å². The van der Waals surface area contributed by atoms with E-state index < -0.39 is 11.9 Å². The Hall–Kier alpha value is -1.25. The van der Waals surface area contributed by atoms with Crippen molar-refractivity contribution in [1.29, 1.82) is 0 Å². The molecule has 0 aromatic heterocycles. The first-order valence-electron chi connectivity index (χ1n) is 20.0. The quantitative estimate of drug-likeness (QED) is 0.410. The van der Waals surface area contributed by atoms with Crippen molar-refractivity contribution in [3.63, 3.8) is 0 Å². The minimum Gasteiger partial charge on any atom is -0.394 e. The summed E-state index contributed by atoms with van der Waals surface area (Å²) in [4.78, 5) is 14.0. The minimum absolute atomic E-state index is 0.00894. The maximum Gasteiger partial charge on any atom is 0.172 e. The molecule has 10 heterocycles. The number of rotatable bonds is 3. The summed E-state index contributed by atoms with van der Waals surface area (Å²) >= 11 is 0.